The molecule has 1 aromatic carbocycles. The van der Waals surface area contributed by atoms with Crippen LogP contribution in [0.15, 0.2) is 12.1 Å². The fraction of sp³-hybridized carbons (Fsp3) is 0. The van der Waals surface area contributed by atoms with E-state index in [1.54, 1.807) is 6.29 Å². The lowest BCUT2D eigenvalue weighted by Crippen LogP contribution is -1.79. The first kappa shape index (κ1) is 9.55. The molecule has 0 unspecified atom stereocenters. The molecule has 0 atom stereocenters. The summed E-state index contributed by atoms with van der Waals surface area (Å²) in [6.45, 7) is 0. The molecule has 1 radical (unpaired) electrons. The van der Waals surface area contributed by atoms with Gasteiger partial charge < -0.3 is 0 Å². The van der Waals surface area contributed by atoms with E-state index in [-0.39, 0.29) is 20.0 Å². The summed E-state index contributed by atoms with van der Waals surface area (Å²) in [6, 6.07) is 1.98. The number of hydrogen-bond donors (Lipinski definition) is 0. The van der Waals surface area contributed by atoms with Gasteiger partial charge in [0, 0.05) is 0 Å². The number of hydrogen-bond acceptors (Lipinski definition) is 2. The maximum Gasteiger partial charge on any atom is 0.245 e. The highest BCUT2D eigenvalue weighted by Crippen LogP contribution is 2.37. The second kappa shape index (κ2) is 3.29. The Morgan fingerprint density at radius 2 is 1.93 bits per heavy atom. The molecule has 0 aliphatic carbocycles. The van der Waals surface area contributed by atoms with E-state index in [9.17, 15) is 13.6 Å². The lowest BCUT2D eigenvalue weighted by atomic mass is 10.2. The molecule has 0 amide bonds. The van der Waals surface area contributed by atoms with E-state index in [0.717, 1.165) is 23.5 Å². The monoisotopic (exact) mass is 231 g/mol. The van der Waals surface area contributed by atoms with E-state index >= 15 is 0 Å². The van der Waals surface area contributed by atoms with Crippen molar-refractivity contribution < 1.29 is 13.6 Å². The number of halogens is 3. The van der Waals surface area contributed by atoms with Crippen LogP contribution in [0.3, 0.4) is 0 Å². The van der Waals surface area contributed by atoms with Gasteiger partial charge in [0.15, 0.2) is 0 Å². The summed E-state index contributed by atoms with van der Waals surface area (Å²) in [7, 11) is 0. The number of carbonyl (C=O) groups excluding carboxylic acids is 1. The summed E-state index contributed by atoms with van der Waals surface area (Å²) in [6.07, 6.45) is 1.54. The Morgan fingerprint density at radius 3 is 2.50 bits per heavy atom. The Hall–Kier alpha value is -1.00. The zero-order valence-corrected chi connectivity index (χ0v) is 8.18. The third kappa shape index (κ3) is 1.22. The summed E-state index contributed by atoms with van der Waals surface area (Å²) in [5.74, 6) is -1.22. The predicted molar refractivity (Wildman–Crippen MR) is 51.5 cm³/mol. The molecular weight excluding hydrogens is 230 g/mol. The standard InChI is InChI=1S/C9H2ClF2OS/c10-8-6(3-13)14-9-5(12)2-1-4(11)7(8)9/h1-2H. The molecule has 2 aromatic rings. The van der Waals surface area contributed by atoms with Crippen molar-refractivity contribution in [3.8, 4) is 0 Å². The summed E-state index contributed by atoms with van der Waals surface area (Å²) >= 11 is 6.47. The number of thiophene rings is 1. The van der Waals surface area contributed by atoms with Crippen molar-refractivity contribution in [2.45, 2.75) is 0 Å². The van der Waals surface area contributed by atoms with Crippen LogP contribution in [0.1, 0.15) is 4.88 Å². The van der Waals surface area contributed by atoms with Gasteiger partial charge in [-0.25, -0.2) is 8.78 Å². The maximum absolute atomic E-state index is 13.2. The number of benzene rings is 1. The fourth-order valence-electron chi connectivity index (χ4n) is 1.16. The molecule has 0 fully saturated rings. The zero-order valence-electron chi connectivity index (χ0n) is 6.61. The van der Waals surface area contributed by atoms with Crippen molar-refractivity contribution in [2.75, 3.05) is 0 Å². The summed E-state index contributed by atoms with van der Waals surface area (Å²) < 4.78 is 26.4. The van der Waals surface area contributed by atoms with Gasteiger partial charge in [-0.2, -0.15) is 0 Å². The fourth-order valence-corrected chi connectivity index (χ4v) is 2.46. The molecule has 0 spiro atoms. The van der Waals surface area contributed by atoms with Crippen molar-refractivity contribution in [1.82, 2.24) is 0 Å². The molecule has 1 aromatic heterocycles. The van der Waals surface area contributed by atoms with Gasteiger partial charge in [0.2, 0.25) is 6.29 Å². The third-order valence-electron chi connectivity index (χ3n) is 1.77. The van der Waals surface area contributed by atoms with Crippen LogP contribution in [-0.2, 0) is 4.79 Å². The average molecular weight is 232 g/mol. The van der Waals surface area contributed by atoms with E-state index in [2.05, 4.69) is 0 Å². The van der Waals surface area contributed by atoms with E-state index in [4.69, 9.17) is 11.6 Å². The minimum absolute atomic E-state index is 0.0191. The van der Waals surface area contributed by atoms with Crippen LogP contribution in [0.25, 0.3) is 10.1 Å². The van der Waals surface area contributed by atoms with Gasteiger partial charge in [-0.3, -0.25) is 4.79 Å². The molecule has 14 heavy (non-hydrogen) atoms. The summed E-state index contributed by atoms with van der Waals surface area (Å²) in [5, 5.41) is -0.119. The van der Waals surface area contributed by atoms with E-state index < -0.39 is 11.6 Å². The average Bonchev–Trinajstić information content (AvgIpc) is 2.51. The third-order valence-corrected chi connectivity index (χ3v) is 3.36. The first-order valence-electron chi connectivity index (χ1n) is 3.59. The Bertz CT molecular complexity index is 521. The molecule has 0 bridgehead atoms. The van der Waals surface area contributed by atoms with Crippen molar-refractivity contribution in [1.29, 1.82) is 0 Å². The van der Waals surface area contributed by atoms with Crippen LogP contribution in [0.4, 0.5) is 8.78 Å². The van der Waals surface area contributed by atoms with Crippen molar-refractivity contribution in [3.05, 3.63) is 33.7 Å². The second-order valence-electron chi connectivity index (χ2n) is 2.58. The van der Waals surface area contributed by atoms with Gasteiger partial charge in [0.1, 0.15) is 11.6 Å². The molecule has 1 nitrogen and oxygen atoms in total. The first-order valence-corrected chi connectivity index (χ1v) is 4.78. The normalized spacial score (nSPS) is 10.8. The van der Waals surface area contributed by atoms with Gasteiger partial charge in [0.25, 0.3) is 0 Å². The Balaban J connectivity index is 2.97. The van der Waals surface area contributed by atoms with Crippen LogP contribution in [0, 0.1) is 11.6 Å². The van der Waals surface area contributed by atoms with Crippen LogP contribution in [0.5, 0.6) is 0 Å². The van der Waals surface area contributed by atoms with Gasteiger partial charge in [0.05, 0.1) is 20.0 Å². The van der Waals surface area contributed by atoms with Gasteiger partial charge in [-0.15, -0.1) is 11.3 Å². The van der Waals surface area contributed by atoms with E-state index in [0.29, 0.717) is 0 Å². The number of rotatable bonds is 1. The van der Waals surface area contributed by atoms with Crippen molar-refractivity contribution in [2.24, 2.45) is 0 Å². The Kier molecular flexibility index (Phi) is 2.25. The molecule has 0 aliphatic heterocycles. The molecular formula is C9H2ClF2OS. The quantitative estimate of drug-likeness (QED) is 0.736. The molecule has 71 valence electrons. The highest BCUT2D eigenvalue weighted by molar-refractivity contribution is 7.21. The summed E-state index contributed by atoms with van der Waals surface area (Å²) in [4.78, 5) is 10.4. The second-order valence-corrected chi connectivity index (χ2v) is 3.98. The van der Waals surface area contributed by atoms with Crippen LogP contribution in [-0.4, -0.2) is 6.29 Å². The van der Waals surface area contributed by atoms with E-state index in [1.165, 1.54) is 0 Å². The first-order chi connectivity index (χ1) is 6.65. The lowest BCUT2D eigenvalue weighted by molar-refractivity contribution is 0.563. The molecule has 1 heterocycles. The Morgan fingerprint density at radius 1 is 1.29 bits per heavy atom. The molecule has 0 N–H and O–H groups in total. The van der Waals surface area contributed by atoms with Crippen molar-refractivity contribution in [3.63, 3.8) is 0 Å². The van der Waals surface area contributed by atoms with Gasteiger partial charge >= 0.3 is 0 Å². The van der Waals surface area contributed by atoms with Crippen LogP contribution < -0.4 is 0 Å². The highest BCUT2D eigenvalue weighted by Gasteiger charge is 2.16. The highest BCUT2D eigenvalue weighted by atomic mass is 35.5. The summed E-state index contributed by atoms with van der Waals surface area (Å²) in [5.41, 5.74) is 0. The van der Waals surface area contributed by atoms with Crippen molar-refractivity contribution >= 4 is 39.3 Å². The molecule has 0 saturated carbocycles. The molecule has 2 rings (SSSR count). The topological polar surface area (TPSA) is 17.1 Å². The predicted octanol–water partition coefficient (Wildman–Crippen LogP) is 3.29. The molecule has 5 heteroatoms. The molecule has 0 aliphatic rings. The van der Waals surface area contributed by atoms with Crippen LogP contribution in [0.2, 0.25) is 5.02 Å². The smallest absolute Gasteiger partial charge is 0.245 e. The minimum atomic E-state index is -0.635. The van der Waals surface area contributed by atoms with Gasteiger partial charge in [-0.05, 0) is 12.1 Å². The van der Waals surface area contributed by atoms with Gasteiger partial charge in [-0.1, -0.05) is 11.6 Å². The molecule has 0 saturated heterocycles. The van der Waals surface area contributed by atoms with Crippen LogP contribution >= 0.6 is 22.9 Å². The maximum atomic E-state index is 13.2. The lowest BCUT2D eigenvalue weighted by Gasteiger charge is -1.93. The number of fused-ring (bicyclic) bond motifs is 1. The zero-order chi connectivity index (χ0) is 10.3. The van der Waals surface area contributed by atoms with E-state index in [1.807, 2.05) is 0 Å². The minimum Gasteiger partial charge on any atom is -0.284 e. The largest absolute Gasteiger partial charge is 0.284 e. The Labute approximate surface area is 86.9 Å². The SMILES string of the molecule is O=[C]c1sc2c(F)ccc(F)c2c1Cl.